The predicted molar refractivity (Wildman–Crippen MR) is 143 cm³/mol. The summed E-state index contributed by atoms with van der Waals surface area (Å²) in [5.74, 6) is -0.400. The lowest BCUT2D eigenvalue weighted by Gasteiger charge is -2.13. The fourth-order valence-electron chi connectivity index (χ4n) is 3.90. The minimum Gasteiger partial charge on any atom is -0.322 e. The molecule has 1 amide bonds. The number of pyridine rings is 2. The summed E-state index contributed by atoms with van der Waals surface area (Å²) in [5.41, 5.74) is 3.45. The molecule has 0 aliphatic heterocycles. The van der Waals surface area contributed by atoms with Crippen LogP contribution in [0.5, 0.6) is 0 Å². The van der Waals surface area contributed by atoms with Gasteiger partial charge in [0.15, 0.2) is 5.65 Å². The van der Waals surface area contributed by atoms with Crippen molar-refractivity contribution >= 4 is 34.5 Å². The van der Waals surface area contributed by atoms with Crippen LogP contribution >= 0.6 is 0 Å². The van der Waals surface area contributed by atoms with Crippen LogP contribution in [0.4, 0.5) is 11.4 Å². The molecule has 10 nitrogen and oxygen atoms in total. The third-order valence-corrected chi connectivity index (χ3v) is 5.68. The number of hydrogen-bond acceptors (Lipinski definition) is 7. The Morgan fingerprint density at radius 3 is 2.61 bits per heavy atom. The second kappa shape index (κ2) is 10.6. The van der Waals surface area contributed by atoms with E-state index < -0.39 is 10.8 Å². The Hall–Kier alpha value is -5.51. The average molecular weight is 505 g/mol. The molecule has 0 bridgehead atoms. The standard InChI is InChI=1S/C28H20N6O4/c35-26(13-10-19-8-11-22(12-9-19)34(37)38)31-21-5-1-6-23(17-21)33-27-24(7-3-15-30-27)32-25(28(33)36)16-20-4-2-14-29-18-20/h1-15,17-18H,16H2,(H,31,35)/b13-10+. The summed E-state index contributed by atoms with van der Waals surface area (Å²) in [5, 5.41) is 13.6. The molecule has 0 saturated heterocycles. The number of nitrogens with one attached hydrogen (secondary N) is 1. The lowest BCUT2D eigenvalue weighted by atomic mass is 10.1. The van der Waals surface area contributed by atoms with E-state index in [1.165, 1.54) is 22.8 Å². The highest BCUT2D eigenvalue weighted by atomic mass is 16.6. The molecule has 0 fully saturated rings. The molecule has 0 saturated carbocycles. The minimum absolute atomic E-state index is 0.0274. The van der Waals surface area contributed by atoms with Gasteiger partial charge in [0.25, 0.3) is 11.2 Å². The van der Waals surface area contributed by atoms with Gasteiger partial charge in [-0.3, -0.25) is 29.3 Å². The minimum atomic E-state index is -0.484. The molecule has 5 rings (SSSR count). The number of fused-ring (bicyclic) bond motifs is 1. The van der Waals surface area contributed by atoms with Crippen LogP contribution in [-0.2, 0) is 11.2 Å². The lowest BCUT2D eigenvalue weighted by molar-refractivity contribution is -0.384. The van der Waals surface area contributed by atoms with Gasteiger partial charge in [-0.15, -0.1) is 0 Å². The predicted octanol–water partition coefficient (Wildman–Crippen LogP) is 4.33. The van der Waals surface area contributed by atoms with Crippen LogP contribution in [0.2, 0.25) is 0 Å². The first-order valence-electron chi connectivity index (χ1n) is 11.6. The molecule has 186 valence electrons. The van der Waals surface area contributed by atoms with Crippen molar-refractivity contribution in [2.24, 2.45) is 0 Å². The number of nitro benzene ring substituents is 1. The van der Waals surface area contributed by atoms with Gasteiger partial charge in [-0.25, -0.2) is 9.97 Å². The van der Waals surface area contributed by atoms with Gasteiger partial charge in [0.1, 0.15) is 11.2 Å². The molecule has 0 spiro atoms. The molecular formula is C28H20N6O4. The Balaban J connectivity index is 1.44. The topological polar surface area (TPSA) is 133 Å². The number of amides is 1. The lowest BCUT2D eigenvalue weighted by Crippen LogP contribution is -2.25. The highest BCUT2D eigenvalue weighted by Gasteiger charge is 2.15. The largest absolute Gasteiger partial charge is 0.322 e. The number of carbonyl (C=O) groups excluding carboxylic acids is 1. The summed E-state index contributed by atoms with van der Waals surface area (Å²) in [4.78, 5) is 49.5. The van der Waals surface area contributed by atoms with Crippen molar-refractivity contribution in [2.45, 2.75) is 6.42 Å². The molecule has 3 aromatic heterocycles. The van der Waals surface area contributed by atoms with Crippen molar-refractivity contribution in [3.05, 3.63) is 135 Å². The molecular weight excluding hydrogens is 484 g/mol. The maximum Gasteiger partial charge on any atom is 0.278 e. The molecule has 0 atom stereocenters. The number of nitrogens with zero attached hydrogens (tertiary/aromatic N) is 5. The Kier molecular flexibility index (Phi) is 6.77. The molecule has 5 aromatic rings. The van der Waals surface area contributed by atoms with Crippen molar-refractivity contribution in [3.63, 3.8) is 0 Å². The van der Waals surface area contributed by atoms with Crippen LogP contribution in [0.25, 0.3) is 22.9 Å². The molecule has 3 heterocycles. The van der Waals surface area contributed by atoms with Gasteiger partial charge in [0.2, 0.25) is 5.91 Å². The van der Waals surface area contributed by atoms with E-state index in [9.17, 15) is 19.7 Å². The Morgan fingerprint density at radius 1 is 1.03 bits per heavy atom. The zero-order chi connectivity index (χ0) is 26.5. The van der Waals surface area contributed by atoms with E-state index in [0.29, 0.717) is 40.2 Å². The Bertz CT molecular complexity index is 1730. The highest BCUT2D eigenvalue weighted by molar-refractivity contribution is 6.02. The fourth-order valence-corrected chi connectivity index (χ4v) is 3.90. The monoisotopic (exact) mass is 504 g/mol. The second-order valence-corrected chi connectivity index (χ2v) is 8.30. The summed E-state index contributed by atoms with van der Waals surface area (Å²) < 4.78 is 1.48. The number of carbonyl (C=O) groups is 1. The van der Waals surface area contributed by atoms with E-state index in [-0.39, 0.29) is 11.2 Å². The average Bonchev–Trinajstić information content (AvgIpc) is 2.93. The quantitative estimate of drug-likeness (QED) is 0.198. The molecule has 0 aliphatic carbocycles. The van der Waals surface area contributed by atoms with Crippen LogP contribution in [-0.4, -0.2) is 30.3 Å². The van der Waals surface area contributed by atoms with E-state index in [2.05, 4.69) is 20.3 Å². The smallest absolute Gasteiger partial charge is 0.278 e. The molecule has 38 heavy (non-hydrogen) atoms. The molecule has 0 aliphatic rings. The van der Waals surface area contributed by atoms with Crippen LogP contribution in [0.15, 0.2) is 102 Å². The van der Waals surface area contributed by atoms with Crippen molar-refractivity contribution in [1.82, 2.24) is 19.5 Å². The Labute approximate surface area is 216 Å². The normalized spacial score (nSPS) is 11.1. The van der Waals surface area contributed by atoms with Gasteiger partial charge in [-0.05, 0) is 65.7 Å². The first-order valence-corrected chi connectivity index (χ1v) is 11.6. The van der Waals surface area contributed by atoms with Crippen molar-refractivity contribution < 1.29 is 9.72 Å². The third kappa shape index (κ3) is 5.34. The third-order valence-electron chi connectivity index (χ3n) is 5.68. The van der Waals surface area contributed by atoms with Gasteiger partial charge in [-0.2, -0.15) is 0 Å². The number of benzene rings is 2. The van der Waals surface area contributed by atoms with Crippen LogP contribution in [0.1, 0.15) is 16.8 Å². The maximum absolute atomic E-state index is 13.5. The summed E-state index contributed by atoms with van der Waals surface area (Å²) in [7, 11) is 0. The summed E-state index contributed by atoms with van der Waals surface area (Å²) in [6.45, 7) is 0. The van der Waals surface area contributed by atoms with E-state index >= 15 is 0 Å². The van der Waals surface area contributed by atoms with Gasteiger partial charge in [0.05, 0.1) is 10.6 Å². The van der Waals surface area contributed by atoms with Gasteiger partial charge >= 0.3 is 0 Å². The van der Waals surface area contributed by atoms with Crippen LogP contribution in [0.3, 0.4) is 0 Å². The number of anilines is 1. The van der Waals surface area contributed by atoms with E-state index in [0.717, 1.165) is 5.56 Å². The number of rotatable bonds is 7. The first-order chi connectivity index (χ1) is 18.5. The molecule has 0 unspecified atom stereocenters. The van der Waals surface area contributed by atoms with E-state index in [1.54, 1.807) is 79.3 Å². The molecule has 0 radical (unpaired) electrons. The Morgan fingerprint density at radius 2 is 1.84 bits per heavy atom. The zero-order valence-corrected chi connectivity index (χ0v) is 19.9. The number of hydrogen-bond donors (Lipinski definition) is 1. The zero-order valence-electron chi connectivity index (χ0n) is 19.9. The van der Waals surface area contributed by atoms with Crippen molar-refractivity contribution in [3.8, 4) is 5.69 Å². The summed E-state index contributed by atoms with van der Waals surface area (Å²) in [6, 6.07) is 20.0. The van der Waals surface area contributed by atoms with Crippen LogP contribution in [0, 0.1) is 10.1 Å². The van der Waals surface area contributed by atoms with Crippen LogP contribution < -0.4 is 10.9 Å². The highest BCUT2D eigenvalue weighted by Crippen LogP contribution is 2.19. The van der Waals surface area contributed by atoms with E-state index in [1.807, 2.05) is 6.07 Å². The van der Waals surface area contributed by atoms with Gasteiger partial charge in [0, 0.05) is 48.9 Å². The SMILES string of the molecule is O=C(/C=C/c1ccc([N+](=O)[O-])cc1)Nc1cccc(-n2c(=O)c(Cc3cccnc3)nc3cccnc32)c1. The first kappa shape index (κ1) is 24.2. The van der Waals surface area contributed by atoms with Gasteiger partial charge < -0.3 is 5.32 Å². The molecule has 10 heteroatoms. The summed E-state index contributed by atoms with van der Waals surface area (Å²) in [6.07, 6.45) is 8.14. The number of aromatic nitrogens is 4. The summed E-state index contributed by atoms with van der Waals surface area (Å²) >= 11 is 0. The fraction of sp³-hybridized carbons (Fsp3) is 0.0357. The number of nitro groups is 1. The van der Waals surface area contributed by atoms with E-state index in [4.69, 9.17) is 0 Å². The maximum atomic E-state index is 13.5. The number of non-ortho nitro benzene ring substituents is 1. The molecule has 2 aromatic carbocycles. The van der Waals surface area contributed by atoms with Crippen molar-refractivity contribution in [1.29, 1.82) is 0 Å². The molecule has 1 N–H and O–H groups in total. The second-order valence-electron chi connectivity index (χ2n) is 8.30. The van der Waals surface area contributed by atoms with Crippen molar-refractivity contribution in [2.75, 3.05) is 5.32 Å². The van der Waals surface area contributed by atoms with Gasteiger partial charge in [-0.1, -0.05) is 12.1 Å².